The van der Waals surface area contributed by atoms with Gasteiger partial charge in [-0.2, -0.15) is 0 Å². The number of carbonyl (C=O) groups is 2. The highest BCUT2D eigenvalue weighted by Crippen LogP contribution is 2.41. The lowest BCUT2D eigenvalue weighted by atomic mass is 9.94. The zero-order valence-electron chi connectivity index (χ0n) is 20.6. The van der Waals surface area contributed by atoms with Gasteiger partial charge in [-0.3, -0.25) is 9.59 Å². The molecule has 1 aliphatic heterocycles. The number of amides is 1. The van der Waals surface area contributed by atoms with Crippen molar-refractivity contribution in [3.63, 3.8) is 0 Å². The molecule has 1 heterocycles. The van der Waals surface area contributed by atoms with Gasteiger partial charge in [0, 0.05) is 18.5 Å². The van der Waals surface area contributed by atoms with Crippen molar-refractivity contribution in [3.8, 4) is 11.5 Å². The molecule has 2 aromatic carbocycles. The lowest BCUT2D eigenvalue weighted by molar-refractivity contribution is -0.858. The summed E-state index contributed by atoms with van der Waals surface area (Å²) >= 11 is 0. The fourth-order valence-electron chi connectivity index (χ4n) is 4.15. The Hall–Kier alpha value is -3.32. The average Bonchev–Trinajstić information content (AvgIpc) is 3.05. The minimum Gasteiger partial charge on any atom is -0.872 e. The molecule has 0 spiro atoms. The van der Waals surface area contributed by atoms with Gasteiger partial charge in [0.2, 0.25) is 5.78 Å². The van der Waals surface area contributed by atoms with Crippen LogP contribution in [0, 0.1) is 6.92 Å². The molecule has 0 bridgehead atoms. The fraction of sp³-hybridized carbons (Fsp3) is 0.407. The maximum atomic E-state index is 13.5. The molecule has 3 rings (SSSR count). The second-order valence-corrected chi connectivity index (χ2v) is 8.72. The van der Waals surface area contributed by atoms with Crippen molar-refractivity contribution in [2.75, 3.05) is 40.4 Å². The van der Waals surface area contributed by atoms with E-state index in [1.807, 2.05) is 47.0 Å². The van der Waals surface area contributed by atoms with Crippen molar-refractivity contribution >= 4 is 17.4 Å². The molecule has 2 aromatic rings. The molecule has 1 saturated heterocycles. The van der Waals surface area contributed by atoms with E-state index < -0.39 is 23.5 Å². The molecule has 0 saturated carbocycles. The van der Waals surface area contributed by atoms with Crippen molar-refractivity contribution in [3.05, 3.63) is 64.7 Å². The van der Waals surface area contributed by atoms with Crippen LogP contribution in [0.25, 0.3) is 5.76 Å². The van der Waals surface area contributed by atoms with Crippen LogP contribution in [-0.4, -0.2) is 57.0 Å². The summed E-state index contributed by atoms with van der Waals surface area (Å²) in [5.74, 6) is -0.692. The van der Waals surface area contributed by atoms with Gasteiger partial charge < -0.3 is 24.4 Å². The van der Waals surface area contributed by atoms with Crippen LogP contribution in [-0.2, 0) is 9.59 Å². The molecule has 1 amide bonds. The van der Waals surface area contributed by atoms with Crippen molar-refractivity contribution < 1.29 is 29.1 Å². The van der Waals surface area contributed by atoms with Crippen LogP contribution in [0.2, 0.25) is 0 Å². The van der Waals surface area contributed by atoms with E-state index >= 15 is 0 Å². The summed E-state index contributed by atoms with van der Waals surface area (Å²) in [6.07, 6.45) is 0.708. The molecule has 7 nitrogen and oxygen atoms in total. The molecule has 1 atom stereocenters. The number of ether oxygens (including phenoxy) is 2. The van der Waals surface area contributed by atoms with Gasteiger partial charge in [0.15, 0.2) is 11.5 Å². The number of rotatable bonds is 10. The van der Waals surface area contributed by atoms with E-state index in [2.05, 4.69) is 0 Å². The second kappa shape index (κ2) is 11.2. The lowest BCUT2D eigenvalue weighted by Crippen LogP contribution is -3.05. The van der Waals surface area contributed by atoms with Crippen molar-refractivity contribution in [2.24, 2.45) is 0 Å². The topological polar surface area (TPSA) is 83.3 Å². The van der Waals surface area contributed by atoms with Gasteiger partial charge in [0.1, 0.15) is 0 Å². The quantitative estimate of drug-likeness (QED) is 0.326. The molecule has 7 heteroatoms. The first-order chi connectivity index (χ1) is 16.3. The number of aryl methyl sites for hydroxylation is 1. The van der Waals surface area contributed by atoms with Crippen LogP contribution in [0.4, 0.5) is 0 Å². The summed E-state index contributed by atoms with van der Waals surface area (Å²) in [7, 11) is 4.07. The SMILES string of the molecule is CCOc1ccc(C2C(=C([O-])c3ccc(C)cc3)C(=O)C(=O)N2CCC[NH+](C)C)cc1OCC. The standard InChI is InChI=1S/C27H34N2O5/c1-6-33-21-14-13-20(17-22(21)34-7-2)24-23(25(30)19-11-9-18(3)10-12-19)26(31)27(32)29(24)16-8-15-28(4)5/h9-14,17,24,30H,6-8,15-16H2,1-5H3. The van der Waals surface area contributed by atoms with Crippen molar-refractivity contribution in [1.82, 2.24) is 4.90 Å². The highest BCUT2D eigenvalue weighted by atomic mass is 16.5. The third kappa shape index (κ3) is 5.42. The maximum Gasteiger partial charge on any atom is 0.295 e. The van der Waals surface area contributed by atoms with E-state index in [1.54, 1.807) is 30.3 Å². The minimum atomic E-state index is -0.777. The van der Waals surface area contributed by atoms with E-state index in [0.717, 1.165) is 12.1 Å². The zero-order chi connectivity index (χ0) is 24.8. The molecule has 182 valence electrons. The number of carbonyl (C=O) groups excluding carboxylic acids is 2. The zero-order valence-corrected chi connectivity index (χ0v) is 20.6. The van der Waals surface area contributed by atoms with E-state index in [9.17, 15) is 14.7 Å². The number of Topliss-reactive ketones (excluding diaryl/α,β-unsaturated/α-hetero) is 1. The highest BCUT2D eigenvalue weighted by molar-refractivity contribution is 6.46. The number of hydrogen-bond donors (Lipinski definition) is 1. The van der Waals surface area contributed by atoms with Gasteiger partial charge in [0.25, 0.3) is 5.91 Å². The Morgan fingerprint density at radius 1 is 1.00 bits per heavy atom. The summed E-state index contributed by atoms with van der Waals surface area (Å²) in [5.41, 5.74) is 2.03. The Labute approximate surface area is 201 Å². The van der Waals surface area contributed by atoms with Crippen LogP contribution in [0.15, 0.2) is 48.0 Å². The maximum absolute atomic E-state index is 13.5. The first-order valence-electron chi connectivity index (χ1n) is 11.8. The van der Waals surface area contributed by atoms with Gasteiger partial charge in [-0.1, -0.05) is 41.7 Å². The molecular formula is C27H34N2O5. The second-order valence-electron chi connectivity index (χ2n) is 8.72. The van der Waals surface area contributed by atoms with Crippen molar-refractivity contribution in [2.45, 2.75) is 33.2 Å². The first kappa shape index (κ1) is 25.3. The largest absolute Gasteiger partial charge is 0.872 e. The number of ketones is 1. The summed E-state index contributed by atoms with van der Waals surface area (Å²) in [4.78, 5) is 29.0. The molecule has 1 aliphatic rings. The summed E-state index contributed by atoms with van der Waals surface area (Å²) in [6.45, 7) is 7.81. The van der Waals surface area contributed by atoms with Gasteiger partial charge in [-0.05, 0) is 44.0 Å². The molecule has 0 radical (unpaired) electrons. The Kier molecular flexibility index (Phi) is 8.34. The minimum absolute atomic E-state index is 0.0161. The summed E-state index contributed by atoms with van der Waals surface area (Å²) in [6, 6.07) is 11.6. The van der Waals surface area contributed by atoms with Crippen LogP contribution in [0.1, 0.15) is 43.0 Å². The third-order valence-electron chi connectivity index (χ3n) is 5.80. The van der Waals surface area contributed by atoms with Crippen LogP contribution in [0.5, 0.6) is 11.5 Å². The van der Waals surface area contributed by atoms with Gasteiger partial charge in [0.05, 0.1) is 39.9 Å². The monoisotopic (exact) mass is 466 g/mol. The number of hydrogen-bond acceptors (Lipinski definition) is 5. The molecule has 0 aromatic heterocycles. The highest BCUT2D eigenvalue weighted by Gasteiger charge is 2.44. The predicted molar refractivity (Wildman–Crippen MR) is 129 cm³/mol. The fourth-order valence-corrected chi connectivity index (χ4v) is 4.15. The van der Waals surface area contributed by atoms with Gasteiger partial charge in [-0.15, -0.1) is 0 Å². The Morgan fingerprint density at radius 2 is 1.65 bits per heavy atom. The summed E-state index contributed by atoms with van der Waals surface area (Å²) in [5, 5.41) is 13.5. The molecule has 1 fully saturated rings. The lowest BCUT2D eigenvalue weighted by Gasteiger charge is -2.28. The number of nitrogens with zero attached hydrogens (tertiary/aromatic N) is 1. The van der Waals surface area contributed by atoms with Crippen LogP contribution < -0.4 is 19.5 Å². The normalized spacial score (nSPS) is 17.5. The average molecular weight is 467 g/mol. The van der Waals surface area contributed by atoms with Crippen LogP contribution in [0.3, 0.4) is 0 Å². The Bertz CT molecular complexity index is 1060. The molecule has 1 unspecified atom stereocenters. The Morgan fingerprint density at radius 3 is 2.26 bits per heavy atom. The van der Waals surface area contributed by atoms with Gasteiger partial charge in [-0.25, -0.2) is 0 Å². The number of quaternary nitrogens is 1. The molecule has 1 N–H and O–H groups in total. The van der Waals surface area contributed by atoms with E-state index in [1.165, 1.54) is 9.80 Å². The number of benzene rings is 2. The van der Waals surface area contributed by atoms with E-state index in [-0.39, 0.29) is 5.57 Å². The van der Waals surface area contributed by atoms with Crippen molar-refractivity contribution in [1.29, 1.82) is 0 Å². The first-order valence-corrected chi connectivity index (χ1v) is 11.8. The molecule has 0 aliphatic carbocycles. The van der Waals surface area contributed by atoms with Crippen LogP contribution >= 0.6 is 0 Å². The third-order valence-corrected chi connectivity index (χ3v) is 5.80. The van der Waals surface area contributed by atoms with E-state index in [4.69, 9.17) is 9.47 Å². The number of likely N-dealkylation sites (tertiary alicyclic amines) is 1. The predicted octanol–water partition coefficient (Wildman–Crippen LogP) is 1.55. The Balaban J connectivity index is 2.13. The smallest absolute Gasteiger partial charge is 0.295 e. The van der Waals surface area contributed by atoms with Gasteiger partial charge >= 0.3 is 0 Å². The molecule has 34 heavy (non-hydrogen) atoms. The summed E-state index contributed by atoms with van der Waals surface area (Å²) < 4.78 is 11.4. The van der Waals surface area contributed by atoms with E-state index in [0.29, 0.717) is 48.8 Å². The number of nitrogens with one attached hydrogen (secondary N) is 1. The molecular weight excluding hydrogens is 432 g/mol.